The molecule has 90 valence electrons. The summed E-state index contributed by atoms with van der Waals surface area (Å²) in [6.45, 7) is 6.80. The first-order valence-corrected chi connectivity index (χ1v) is 6.77. The molecular weight excluding hydrogens is 268 g/mol. The van der Waals surface area contributed by atoms with Crippen LogP contribution >= 0.6 is 15.9 Å². The lowest BCUT2D eigenvalue weighted by Gasteiger charge is -2.13. The number of aromatic nitrogens is 2. The van der Waals surface area contributed by atoms with Gasteiger partial charge in [0.15, 0.2) is 0 Å². The number of hydrogen-bond acceptors (Lipinski definition) is 2. The van der Waals surface area contributed by atoms with Gasteiger partial charge in [0.1, 0.15) is 0 Å². The van der Waals surface area contributed by atoms with Crippen LogP contribution in [-0.4, -0.2) is 14.9 Å². The highest BCUT2D eigenvalue weighted by atomic mass is 79.9. The van der Waals surface area contributed by atoms with Crippen LogP contribution in [-0.2, 0) is 6.54 Å². The molecule has 0 aliphatic rings. The van der Waals surface area contributed by atoms with Crippen molar-refractivity contribution >= 4 is 15.9 Å². The highest BCUT2D eigenvalue weighted by molar-refractivity contribution is 9.09. The zero-order chi connectivity index (χ0) is 12.1. The maximum atomic E-state index is 11.7. The molecule has 0 N–H and O–H groups in total. The van der Waals surface area contributed by atoms with Crippen molar-refractivity contribution in [2.45, 2.75) is 40.2 Å². The Kier molecular flexibility index (Phi) is 5.19. The van der Waals surface area contributed by atoms with E-state index in [1.165, 1.54) is 0 Å². The number of alkyl halides is 1. The van der Waals surface area contributed by atoms with Gasteiger partial charge in [0.25, 0.3) is 0 Å². The average Bonchev–Trinajstić information content (AvgIpc) is 2.16. The second-order valence-electron chi connectivity index (χ2n) is 4.34. The molecule has 0 saturated carbocycles. The van der Waals surface area contributed by atoms with E-state index in [1.807, 2.05) is 19.9 Å². The lowest BCUT2D eigenvalue weighted by molar-refractivity contribution is 0.457. The molecule has 1 aromatic heterocycles. The van der Waals surface area contributed by atoms with Crippen LogP contribution in [0.3, 0.4) is 0 Å². The maximum absolute atomic E-state index is 11.7. The first-order chi connectivity index (χ1) is 7.54. The zero-order valence-corrected chi connectivity index (χ0v) is 11.7. The van der Waals surface area contributed by atoms with E-state index in [0.717, 1.165) is 36.1 Å². The Labute approximate surface area is 105 Å². The quantitative estimate of drug-likeness (QED) is 0.780. The molecule has 0 spiro atoms. The smallest absolute Gasteiger partial charge is 0.297 e. The molecule has 16 heavy (non-hydrogen) atoms. The van der Waals surface area contributed by atoms with Crippen molar-refractivity contribution in [3.63, 3.8) is 0 Å². The highest BCUT2D eigenvalue weighted by Gasteiger charge is 2.06. The molecule has 1 rings (SSSR count). The van der Waals surface area contributed by atoms with Gasteiger partial charge in [-0.15, -0.1) is 0 Å². The fourth-order valence-electron chi connectivity index (χ4n) is 1.73. The summed E-state index contributed by atoms with van der Waals surface area (Å²) in [5.41, 5.74) is 1.68. The molecule has 0 amide bonds. The molecular formula is C12H19BrN2O. The van der Waals surface area contributed by atoms with Crippen molar-refractivity contribution in [3.8, 4) is 0 Å². The van der Waals surface area contributed by atoms with Gasteiger partial charge < -0.3 is 0 Å². The van der Waals surface area contributed by atoms with E-state index in [-0.39, 0.29) is 5.69 Å². The van der Waals surface area contributed by atoms with Crippen molar-refractivity contribution in [1.29, 1.82) is 0 Å². The Bertz CT molecular complexity index is 400. The predicted molar refractivity (Wildman–Crippen MR) is 70.2 cm³/mol. The number of rotatable bonds is 5. The van der Waals surface area contributed by atoms with E-state index in [4.69, 9.17) is 0 Å². The van der Waals surface area contributed by atoms with Crippen molar-refractivity contribution in [2.75, 3.05) is 5.33 Å². The third kappa shape index (κ3) is 3.74. The van der Waals surface area contributed by atoms with Gasteiger partial charge in [-0.3, -0.25) is 4.57 Å². The topological polar surface area (TPSA) is 34.9 Å². The van der Waals surface area contributed by atoms with E-state index >= 15 is 0 Å². The van der Waals surface area contributed by atoms with Crippen LogP contribution in [0.15, 0.2) is 10.9 Å². The number of nitrogens with zero attached hydrogens (tertiary/aromatic N) is 2. The van der Waals surface area contributed by atoms with Crippen molar-refractivity contribution in [1.82, 2.24) is 9.55 Å². The van der Waals surface area contributed by atoms with E-state index in [1.54, 1.807) is 4.57 Å². The SMILES string of the molecule is Cc1cc(C)n(CCC(C)CCBr)c(=O)n1. The van der Waals surface area contributed by atoms with Crippen LogP contribution in [0.2, 0.25) is 0 Å². The minimum absolute atomic E-state index is 0.122. The number of hydrogen-bond donors (Lipinski definition) is 0. The molecule has 1 atom stereocenters. The molecule has 1 heterocycles. The molecule has 0 fully saturated rings. The second-order valence-corrected chi connectivity index (χ2v) is 5.14. The molecule has 4 heteroatoms. The van der Waals surface area contributed by atoms with E-state index in [0.29, 0.717) is 5.92 Å². The van der Waals surface area contributed by atoms with E-state index in [2.05, 4.69) is 27.8 Å². The second kappa shape index (κ2) is 6.18. The Hall–Kier alpha value is -0.640. The molecule has 3 nitrogen and oxygen atoms in total. The van der Waals surface area contributed by atoms with Gasteiger partial charge >= 0.3 is 5.69 Å². The van der Waals surface area contributed by atoms with Crippen molar-refractivity contribution in [3.05, 3.63) is 27.9 Å². The van der Waals surface area contributed by atoms with Gasteiger partial charge in [-0.1, -0.05) is 22.9 Å². The number of aryl methyl sites for hydroxylation is 2. The van der Waals surface area contributed by atoms with Crippen LogP contribution in [0.1, 0.15) is 31.2 Å². The summed E-state index contributed by atoms with van der Waals surface area (Å²) >= 11 is 3.43. The molecule has 0 aliphatic heterocycles. The van der Waals surface area contributed by atoms with Crippen LogP contribution in [0.25, 0.3) is 0 Å². The third-order valence-corrected chi connectivity index (χ3v) is 3.25. The van der Waals surface area contributed by atoms with Gasteiger partial charge in [-0.2, -0.15) is 4.98 Å². The third-order valence-electron chi connectivity index (χ3n) is 2.79. The predicted octanol–water partition coefficient (Wildman–Crippen LogP) is 2.67. The Morgan fingerprint density at radius 3 is 2.69 bits per heavy atom. The Morgan fingerprint density at radius 1 is 1.44 bits per heavy atom. The highest BCUT2D eigenvalue weighted by Crippen LogP contribution is 2.10. The molecule has 0 bridgehead atoms. The summed E-state index contributed by atoms with van der Waals surface area (Å²) in [5, 5.41) is 1.02. The zero-order valence-electron chi connectivity index (χ0n) is 10.2. The monoisotopic (exact) mass is 286 g/mol. The Balaban J connectivity index is 2.71. The molecule has 1 unspecified atom stereocenters. The lowest BCUT2D eigenvalue weighted by atomic mass is 10.1. The van der Waals surface area contributed by atoms with Crippen LogP contribution in [0.4, 0.5) is 0 Å². The van der Waals surface area contributed by atoms with Crippen molar-refractivity contribution < 1.29 is 0 Å². The average molecular weight is 287 g/mol. The molecule has 0 aromatic carbocycles. The molecule has 1 aromatic rings. The first-order valence-electron chi connectivity index (χ1n) is 5.65. The Morgan fingerprint density at radius 2 is 2.12 bits per heavy atom. The first kappa shape index (κ1) is 13.4. The molecule has 0 radical (unpaired) electrons. The summed E-state index contributed by atoms with van der Waals surface area (Å²) in [5.74, 6) is 0.631. The van der Waals surface area contributed by atoms with Gasteiger partial charge in [-0.05, 0) is 38.7 Å². The summed E-state index contributed by atoms with van der Waals surface area (Å²) < 4.78 is 1.76. The molecule has 0 aliphatic carbocycles. The van der Waals surface area contributed by atoms with Gasteiger partial charge in [0.05, 0.1) is 0 Å². The van der Waals surface area contributed by atoms with E-state index in [9.17, 15) is 4.79 Å². The summed E-state index contributed by atoms with van der Waals surface area (Å²) in [4.78, 5) is 15.6. The standard InChI is InChI=1S/C12H19BrN2O/c1-9(4-6-13)5-7-15-11(3)8-10(2)14-12(15)16/h8-9H,4-7H2,1-3H3. The fraction of sp³-hybridized carbons (Fsp3) is 0.667. The van der Waals surface area contributed by atoms with Gasteiger partial charge in [-0.25, -0.2) is 4.79 Å². The normalized spacial score (nSPS) is 12.8. The van der Waals surface area contributed by atoms with Crippen LogP contribution < -0.4 is 5.69 Å². The minimum atomic E-state index is -0.122. The fourth-order valence-corrected chi connectivity index (χ4v) is 2.51. The minimum Gasteiger partial charge on any atom is -0.297 e. The number of halogens is 1. The van der Waals surface area contributed by atoms with Crippen molar-refractivity contribution in [2.24, 2.45) is 5.92 Å². The lowest BCUT2D eigenvalue weighted by Crippen LogP contribution is -2.26. The largest absolute Gasteiger partial charge is 0.347 e. The van der Waals surface area contributed by atoms with Gasteiger partial charge in [0, 0.05) is 23.3 Å². The van der Waals surface area contributed by atoms with Crippen LogP contribution in [0.5, 0.6) is 0 Å². The summed E-state index contributed by atoms with van der Waals surface area (Å²) in [6.07, 6.45) is 2.17. The summed E-state index contributed by atoms with van der Waals surface area (Å²) in [7, 11) is 0. The van der Waals surface area contributed by atoms with Gasteiger partial charge in [0.2, 0.25) is 0 Å². The summed E-state index contributed by atoms with van der Waals surface area (Å²) in [6, 6.07) is 1.95. The molecule has 0 saturated heterocycles. The van der Waals surface area contributed by atoms with Crippen LogP contribution in [0, 0.1) is 19.8 Å². The maximum Gasteiger partial charge on any atom is 0.347 e. The van der Waals surface area contributed by atoms with E-state index < -0.39 is 0 Å².